The summed E-state index contributed by atoms with van der Waals surface area (Å²) in [5, 5.41) is 5.66. The highest BCUT2D eigenvalue weighted by Crippen LogP contribution is 2.29. The van der Waals surface area contributed by atoms with E-state index in [1.165, 1.54) is 0 Å². The molecule has 2 amide bonds. The number of carbonyl (C=O) groups is 2. The SMILES string of the molecule is C[C@@H](NC(=O)C[C@@H]1Oc2ccccc2NC1=O)c1ccccc1Br. The number of para-hydroxylation sites is 2. The number of fused-ring (bicyclic) bond motifs is 1. The van der Waals surface area contributed by atoms with Crippen LogP contribution in [0, 0.1) is 0 Å². The van der Waals surface area contributed by atoms with Crippen LogP contribution in [0.1, 0.15) is 24.9 Å². The molecule has 0 radical (unpaired) electrons. The number of halogens is 1. The molecule has 2 aromatic carbocycles. The molecule has 0 aliphatic carbocycles. The molecular weight excluding hydrogens is 372 g/mol. The zero-order chi connectivity index (χ0) is 17.1. The zero-order valence-corrected chi connectivity index (χ0v) is 14.7. The number of amides is 2. The van der Waals surface area contributed by atoms with Gasteiger partial charge in [0.05, 0.1) is 18.2 Å². The van der Waals surface area contributed by atoms with Gasteiger partial charge in [-0.05, 0) is 30.7 Å². The van der Waals surface area contributed by atoms with Gasteiger partial charge in [-0.1, -0.05) is 46.3 Å². The van der Waals surface area contributed by atoms with Gasteiger partial charge in [0.15, 0.2) is 6.10 Å². The van der Waals surface area contributed by atoms with E-state index in [9.17, 15) is 9.59 Å². The minimum absolute atomic E-state index is 0.0328. The average Bonchev–Trinajstić information content (AvgIpc) is 2.55. The second kappa shape index (κ2) is 7.05. The van der Waals surface area contributed by atoms with Crippen molar-refractivity contribution in [3.05, 3.63) is 58.6 Å². The molecule has 0 aromatic heterocycles. The number of carbonyl (C=O) groups excluding carboxylic acids is 2. The summed E-state index contributed by atoms with van der Waals surface area (Å²) < 4.78 is 6.57. The van der Waals surface area contributed by atoms with Crippen molar-refractivity contribution >= 4 is 33.4 Å². The summed E-state index contributed by atoms with van der Waals surface area (Å²) in [4.78, 5) is 24.4. The van der Waals surface area contributed by atoms with E-state index in [2.05, 4.69) is 26.6 Å². The number of rotatable bonds is 4. The largest absolute Gasteiger partial charge is 0.478 e. The van der Waals surface area contributed by atoms with Crippen LogP contribution in [0.25, 0.3) is 0 Å². The van der Waals surface area contributed by atoms with Crippen molar-refractivity contribution in [3.8, 4) is 5.75 Å². The van der Waals surface area contributed by atoms with E-state index >= 15 is 0 Å². The van der Waals surface area contributed by atoms with Gasteiger partial charge in [0, 0.05) is 4.47 Å². The predicted octanol–water partition coefficient (Wildman–Crippen LogP) is 3.42. The molecule has 0 bridgehead atoms. The number of ether oxygens (including phenoxy) is 1. The van der Waals surface area contributed by atoms with E-state index < -0.39 is 6.10 Å². The van der Waals surface area contributed by atoms with Crippen LogP contribution < -0.4 is 15.4 Å². The standard InChI is InChI=1S/C18H17BrN2O3/c1-11(12-6-2-3-7-13(12)19)20-17(22)10-16-18(23)21-14-8-4-5-9-15(14)24-16/h2-9,11,16H,10H2,1H3,(H,20,22)(H,21,23)/t11-,16+/m1/s1. The van der Waals surface area contributed by atoms with Crippen molar-refractivity contribution in [2.45, 2.75) is 25.5 Å². The molecule has 0 spiro atoms. The van der Waals surface area contributed by atoms with Gasteiger partial charge in [-0.25, -0.2) is 0 Å². The molecule has 2 N–H and O–H groups in total. The second-order valence-corrected chi connectivity index (χ2v) is 6.46. The van der Waals surface area contributed by atoms with E-state index in [-0.39, 0.29) is 24.3 Å². The Morgan fingerprint density at radius 2 is 1.96 bits per heavy atom. The summed E-state index contributed by atoms with van der Waals surface area (Å²) in [6.07, 6.45) is -0.860. The summed E-state index contributed by atoms with van der Waals surface area (Å²) in [6, 6.07) is 14.7. The third-order valence-corrected chi connectivity index (χ3v) is 4.55. The molecule has 2 atom stereocenters. The van der Waals surface area contributed by atoms with Crippen molar-refractivity contribution in [1.82, 2.24) is 5.32 Å². The van der Waals surface area contributed by atoms with Gasteiger partial charge in [-0.2, -0.15) is 0 Å². The van der Waals surface area contributed by atoms with Crippen molar-refractivity contribution in [2.24, 2.45) is 0 Å². The van der Waals surface area contributed by atoms with Gasteiger partial charge in [0.2, 0.25) is 5.91 Å². The maximum Gasteiger partial charge on any atom is 0.266 e. The summed E-state index contributed by atoms with van der Waals surface area (Å²) >= 11 is 3.47. The lowest BCUT2D eigenvalue weighted by atomic mass is 10.1. The highest BCUT2D eigenvalue weighted by Gasteiger charge is 2.29. The van der Waals surface area contributed by atoms with Crippen LogP contribution in [0.3, 0.4) is 0 Å². The first-order chi connectivity index (χ1) is 11.5. The van der Waals surface area contributed by atoms with Crippen LogP contribution in [0.2, 0.25) is 0 Å². The first kappa shape index (κ1) is 16.5. The lowest BCUT2D eigenvalue weighted by Crippen LogP contribution is -2.41. The van der Waals surface area contributed by atoms with Gasteiger partial charge >= 0.3 is 0 Å². The fourth-order valence-electron chi connectivity index (χ4n) is 2.60. The molecule has 0 unspecified atom stereocenters. The van der Waals surface area contributed by atoms with Crippen molar-refractivity contribution in [1.29, 1.82) is 0 Å². The first-order valence-electron chi connectivity index (χ1n) is 7.65. The third-order valence-electron chi connectivity index (χ3n) is 3.83. The molecule has 1 aliphatic heterocycles. The fraction of sp³-hybridized carbons (Fsp3) is 0.222. The van der Waals surface area contributed by atoms with Crippen LogP contribution >= 0.6 is 15.9 Å². The molecule has 2 aromatic rings. The molecule has 0 saturated heterocycles. The monoisotopic (exact) mass is 388 g/mol. The van der Waals surface area contributed by atoms with Crippen LogP contribution in [-0.4, -0.2) is 17.9 Å². The van der Waals surface area contributed by atoms with E-state index in [0.717, 1.165) is 10.0 Å². The third kappa shape index (κ3) is 3.59. The fourth-order valence-corrected chi connectivity index (χ4v) is 3.23. The summed E-state index contributed by atoms with van der Waals surface area (Å²) in [5.41, 5.74) is 1.60. The first-order valence-corrected chi connectivity index (χ1v) is 8.44. The zero-order valence-electron chi connectivity index (χ0n) is 13.1. The quantitative estimate of drug-likeness (QED) is 0.842. The second-order valence-electron chi connectivity index (χ2n) is 5.61. The highest BCUT2D eigenvalue weighted by molar-refractivity contribution is 9.10. The summed E-state index contributed by atoms with van der Waals surface area (Å²) in [7, 11) is 0. The Labute approximate surface area is 148 Å². The molecule has 3 rings (SSSR count). The molecule has 1 aliphatic rings. The summed E-state index contributed by atoms with van der Waals surface area (Å²) in [5.74, 6) is 0.0314. The predicted molar refractivity (Wildman–Crippen MR) is 94.8 cm³/mol. The smallest absolute Gasteiger partial charge is 0.266 e. The Balaban J connectivity index is 1.63. The van der Waals surface area contributed by atoms with Crippen LogP contribution in [0.15, 0.2) is 53.0 Å². The molecule has 0 saturated carbocycles. The van der Waals surface area contributed by atoms with E-state index in [4.69, 9.17) is 4.74 Å². The lowest BCUT2D eigenvalue weighted by Gasteiger charge is -2.26. The Kier molecular flexibility index (Phi) is 4.85. The molecule has 124 valence electrons. The Bertz CT molecular complexity index is 778. The van der Waals surface area contributed by atoms with E-state index in [1.54, 1.807) is 12.1 Å². The van der Waals surface area contributed by atoms with Gasteiger partial charge in [0.1, 0.15) is 5.75 Å². The molecule has 1 heterocycles. The maximum atomic E-state index is 12.3. The van der Waals surface area contributed by atoms with E-state index in [0.29, 0.717) is 11.4 Å². The Morgan fingerprint density at radius 1 is 1.25 bits per heavy atom. The molecule has 5 nitrogen and oxygen atoms in total. The number of hydrogen-bond acceptors (Lipinski definition) is 3. The van der Waals surface area contributed by atoms with Gasteiger partial charge in [-0.15, -0.1) is 0 Å². The number of anilines is 1. The topological polar surface area (TPSA) is 67.4 Å². The van der Waals surface area contributed by atoms with Crippen LogP contribution in [0.4, 0.5) is 5.69 Å². The van der Waals surface area contributed by atoms with Crippen LogP contribution in [0.5, 0.6) is 5.75 Å². The molecule has 6 heteroatoms. The van der Waals surface area contributed by atoms with Crippen LogP contribution in [-0.2, 0) is 9.59 Å². The number of nitrogens with one attached hydrogen (secondary N) is 2. The normalized spacial score (nSPS) is 17.2. The molecular formula is C18H17BrN2O3. The maximum absolute atomic E-state index is 12.3. The van der Waals surface area contributed by atoms with Gasteiger partial charge in [0.25, 0.3) is 5.91 Å². The van der Waals surface area contributed by atoms with Gasteiger partial charge in [-0.3, -0.25) is 9.59 Å². The van der Waals surface area contributed by atoms with E-state index in [1.807, 2.05) is 43.3 Å². The average molecular weight is 389 g/mol. The minimum atomic E-state index is -0.827. The molecule has 0 fully saturated rings. The van der Waals surface area contributed by atoms with Crippen molar-refractivity contribution in [2.75, 3.05) is 5.32 Å². The summed E-state index contributed by atoms with van der Waals surface area (Å²) in [6.45, 7) is 1.90. The van der Waals surface area contributed by atoms with Crippen molar-refractivity contribution < 1.29 is 14.3 Å². The highest BCUT2D eigenvalue weighted by atomic mass is 79.9. The minimum Gasteiger partial charge on any atom is -0.478 e. The number of hydrogen-bond donors (Lipinski definition) is 2. The Morgan fingerprint density at radius 3 is 2.75 bits per heavy atom. The van der Waals surface area contributed by atoms with Crippen molar-refractivity contribution in [3.63, 3.8) is 0 Å². The number of benzene rings is 2. The Hall–Kier alpha value is -2.34. The van der Waals surface area contributed by atoms with Gasteiger partial charge < -0.3 is 15.4 Å². The lowest BCUT2D eigenvalue weighted by molar-refractivity contribution is -0.130. The molecule has 24 heavy (non-hydrogen) atoms.